The molecular formula is C21H37N3O3. The van der Waals surface area contributed by atoms with Gasteiger partial charge in [0.1, 0.15) is 0 Å². The first-order valence-electron chi connectivity index (χ1n) is 10.4. The van der Waals surface area contributed by atoms with Crippen LogP contribution in [0.2, 0.25) is 0 Å². The van der Waals surface area contributed by atoms with Crippen LogP contribution in [0.5, 0.6) is 0 Å². The van der Waals surface area contributed by atoms with E-state index in [-0.39, 0.29) is 35.6 Å². The lowest BCUT2D eigenvalue weighted by Gasteiger charge is -2.39. The van der Waals surface area contributed by atoms with Gasteiger partial charge in [0.15, 0.2) is 0 Å². The molecule has 0 N–H and O–H groups in total. The SMILES string of the molecule is CC(C)N(C)C(=O)C1CCN(C(=O)C2CCCN(C(=O)C(C)(C)C)C2)CC1. The van der Waals surface area contributed by atoms with Gasteiger partial charge in [0.25, 0.3) is 0 Å². The van der Waals surface area contributed by atoms with Crippen LogP contribution < -0.4 is 0 Å². The summed E-state index contributed by atoms with van der Waals surface area (Å²) in [5.74, 6) is 0.393. The maximum absolute atomic E-state index is 13.0. The quantitative estimate of drug-likeness (QED) is 0.756. The topological polar surface area (TPSA) is 60.9 Å². The Morgan fingerprint density at radius 3 is 2.04 bits per heavy atom. The largest absolute Gasteiger partial charge is 0.343 e. The van der Waals surface area contributed by atoms with Crippen LogP contribution in [0.15, 0.2) is 0 Å². The molecule has 2 rings (SSSR count). The van der Waals surface area contributed by atoms with Crippen LogP contribution >= 0.6 is 0 Å². The molecule has 0 saturated carbocycles. The van der Waals surface area contributed by atoms with Crippen molar-refractivity contribution in [2.45, 2.75) is 66.3 Å². The summed E-state index contributed by atoms with van der Waals surface area (Å²) in [6.45, 7) is 12.4. The van der Waals surface area contributed by atoms with Crippen molar-refractivity contribution in [2.75, 3.05) is 33.2 Å². The van der Waals surface area contributed by atoms with Gasteiger partial charge in [0.2, 0.25) is 17.7 Å². The van der Waals surface area contributed by atoms with Gasteiger partial charge in [0, 0.05) is 50.6 Å². The number of piperidine rings is 2. The van der Waals surface area contributed by atoms with Crippen molar-refractivity contribution in [3.05, 3.63) is 0 Å². The van der Waals surface area contributed by atoms with E-state index in [4.69, 9.17) is 0 Å². The standard InChI is InChI=1S/C21H37N3O3/c1-15(2)22(6)18(25)16-9-12-23(13-10-16)19(26)17-8-7-11-24(14-17)20(27)21(3,4)5/h15-17H,7-14H2,1-6H3. The zero-order valence-electron chi connectivity index (χ0n) is 18.0. The maximum atomic E-state index is 13.0. The molecule has 2 fully saturated rings. The molecule has 6 nitrogen and oxygen atoms in total. The number of carbonyl (C=O) groups excluding carboxylic acids is 3. The van der Waals surface area contributed by atoms with Gasteiger partial charge in [-0.15, -0.1) is 0 Å². The fourth-order valence-corrected chi connectivity index (χ4v) is 3.99. The monoisotopic (exact) mass is 379 g/mol. The third-order valence-corrected chi connectivity index (χ3v) is 5.98. The number of carbonyl (C=O) groups is 3. The molecule has 154 valence electrons. The van der Waals surface area contributed by atoms with Gasteiger partial charge in [-0.25, -0.2) is 0 Å². The van der Waals surface area contributed by atoms with Crippen molar-refractivity contribution in [1.29, 1.82) is 0 Å². The van der Waals surface area contributed by atoms with E-state index in [0.717, 1.165) is 32.2 Å². The second kappa shape index (κ2) is 8.61. The molecule has 3 amide bonds. The number of likely N-dealkylation sites (tertiary alicyclic amines) is 2. The number of rotatable bonds is 3. The summed E-state index contributed by atoms with van der Waals surface area (Å²) in [7, 11) is 1.85. The highest BCUT2D eigenvalue weighted by Crippen LogP contribution is 2.27. The second-order valence-electron chi connectivity index (χ2n) is 9.48. The van der Waals surface area contributed by atoms with Crippen LogP contribution in [0.25, 0.3) is 0 Å². The number of hydrogen-bond acceptors (Lipinski definition) is 3. The molecule has 1 unspecified atom stereocenters. The van der Waals surface area contributed by atoms with E-state index in [2.05, 4.69) is 0 Å². The highest BCUT2D eigenvalue weighted by atomic mass is 16.2. The summed E-state index contributed by atoms with van der Waals surface area (Å²) in [4.78, 5) is 43.6. The van der Waals surface area contributed by atoms with Gasteiger partial charge in [-0.1, -0.05) is 20.8 Å². The molecule has 0 bridgehead atoms. The minimum absolute atomic E-state index is 0.0202. The summed E-state index contributed by atoms with van der Waals surface area (Å²) in [5, 5.41) is 0. The molecule has 0 aromatic rings. The fraction of sp³-hybridized carbons (Fsp3) is 0.857. The molecule has 2 heterocycles. The van der Waals surface area contributed by atoms with Crippen LogP contribution in [0, 0.1) is 17.3 Å². The smallest absolute Gasteiger partial charge is 0.227 e. The van der Waals surface area contributed by atoms with E-state index in [9.17, 15) is 14.4 Å². The molecule has 0 aliphatic carbocycles. The summed E-state index contributed by atoms with van der Waals surface area (Å²) in [5.41, 5.74) is -0.411. The van der Waals surface area contributed by atoms with E-state index >= 15 is 0 Å². The molecule has 0 spiro atoms. The molecular weight excluding hydrogens is 342 g/mol. The Hall–Kier alpha value is -1.59. The van der Waals surface area contributed by atoms with Gasteiger partial charge in [0.05, 0.1) is 5.92 Å². The van der Waals surface area contributed by atoms with Crippen LogP contribution in [-0.2, 0) is 14.4 Å². The van der Waals surface area contributed by atoms with Crippen molar-refractivity contribution < 1.29 is 14.4 Å². The van der Waals surface area contributed by atoms with E-state index in [1.54, 1.807) is 4.90 Å². The minimum atomic E-state index is -0.411. The molecule has 6 heteroatoms. The average molecular weight is 380 g/mol. The van der Waals surface area contributed by atoms with Crippen LogP contribution in [-0.4, -0.2) is 71.7 Å². The molecule has 1 atom stereocenters. The Kier molecular flexibility index (Phi) is 6.92. The lowest BCUT2D eigenvalue weighted by molar-refractivity contribution is -0.147. The third kappa shape index (κ3) is 5.23. The first-order chi connectivity index (χ1) is 12.5. The molecule has 27 heavy (non-hydrogen) atoms. The Balaban J connectivity index is 1.90. The second-order valence-corrected chi connectivity index (χ2v) is 9.48. The van der Waals surface area contributed by atoms with Gasteiger partial charge in [-0.3, -0.25) is 14.4 Å². The van der Waals surface area contributed by atoms with Gasteiger partial charge in [-0.05, 0) is 39.5 Å². The Morgan fingerprint density at radius 1 is 0.926 bits per heavy atom. The number of nitrogens with zero attached hydrogens (tertiary/aromatic N) is 3. The Bertz CT molecular complexity index is 560. The summed E-state index contributed by atoms with van der Waals surface area (Å²) >= 11 is 0. The van der Waals surface area contributed by atoms with Crippen molar-refractivity contribution in [2.24, 2.45) is 17.3 Å². The minimum Gasteiger partial charge on any atom is -0.343 e. The van der Waals surface area contributed by atoms with E-state index in [1.807, 2.05) is 51.5 Å². The number of amides is 3. The molecule has 2 aliphatic rings. The van der Waals surface area contributed by atoms with Crippen molar-refractivity contribution in [3.8, 4) is 0 Å². The summed E-state index contributed by atoms with van der Waals surface area (Å²) in [6, 6.07) is 0.200. The highest BCUT2D eigenvalue weighted by molar-refractivity contribution is 5.84. The first kappa shape index (κ1) is 21.7. The summed E-state index contributed by atoms with van der Waals surface area (Å²) < 4.78 is 0. The zero-order chi connectivity index (χ0) is 20.4. The highest BCUT2D eigenvalue weighted by Gasteiger charge is 2.36. The summed E-state index contributed by atoms with van der Waals surface area (Å²) in [6.07, 6.45) is 3.20. The van der Waals surface area contributed by atoms with E-state index in [0.29, 0.717) is 19.6 Å². The van der Waals surface area contributed by atoms with Crippen LogP contribution in [0.1, 0.15) is 60.3 Å². The maximum Gasteiger partial charge on any atom is 0.227 e. The van der Waals surface area contributed by atoms with Crippen molar-refractivity contribution >= 4 is 17.7 Å². The molecule has 0 aromatic carbocycles. The van der Waals surface area contributed by atoms with Gasteiger partial charge < -0.3 is 14.7 Å². The Morgan fingerprint density at radius 2 is 1.52 bits per heavy atom. The number of hydrogen-bond donors (Lipinski definition) is 0. The average Bonchev–Trinajstić information content (AvgIpc) is 2.65. The van der Waals surface area contributed by atoms with E-state index in [1.165, 1.54) is 0 Å². The third-order valence-electron chi connectivity index (χ3n) is 5.98. The fourth-order valence-electron chi connectivity index (χ4n) is 3.99. The van der Waals surface area contributed by atoms with Crippen molar-refractivity contribution in [1.82, 2.24) is 14.7 Å². The predicted octanol–water partition coefficient (Wildman–Crippen LogP) is 2.38. The van der Waals surface area contributed by atoms with Crippen LogP contribution in [0.3, 0.4) is 0 Å². The molecule has 2 saturated heterocycles. The van der Waals surface area contributed by atoms with E-state index < -0.39 is 5.41 Å². The zero-order valence-corrected chi connectivity index (χ0v) is 18.0. The van der Waals surface area contributed by atoms with Gasteiger partial charge in [-0.2, -0.15) is 0 Å². The predicted molar refractivity (Wildman–Crippen MR) is 106 cm³/mol. The normalized spacial score (nSPS) is 22.1. The Labute approximate surface area is 164 Å². The van der Waals surface area contributed by atoms with Gasteiger partial charge >= 0.3 is 0 Å². The molecule has 0 radical (unpaired) electrons. The van der Waals surface area contributed by atoms with Crippen LogP contribution in [0.4, 0.5) is 0 Å². The molecule has 0 aromatic heterocycles. The lowest BCUT2D eigenvalue weighted by atomic mass is 9.89. The lowest BCUT2D eigenvalue weighted by Crippen LogP contribution is -2.51. The molecule has 2 aliphatic heterocycles. The first-order valence-corrected chi connectivity index (χ1v) is 10.4. The van der Waals surface area contributed by atoms with Crippen molar-refractivity contribution in [3.63, 3.8) is 0 Å².